The SMILES string of the molecule is Cc1ccc(/C=C/C(=O)OCC(N)=O)cc1Cl. The lowest BCUT2D eigenvalue weighted by atomic mass is 10.1. The Morgan fingerprint density at radius 2 is 2.18 bits per heavy atom. The van der Waals surface area contributed by atoms with Crippen molar-refractivity contribution >= 4 is 29.6 Å². The summed E-state index contributed by atoms with van der Waals surface area (Å²) >= 11 is 5.92. The minimum atomic E-state index is -0.690. The van der Waals surface area contributed by atoms with Crippen LogP contribution in [0.3, 0.4) is 0 Å². The molecular formula is C12H12ClNO3. The van der Waals surface area contributed by atoms with Gasteiger partial charge in [0.1, 0.15) is 0 Å². The summed E-state index contributed by atoms with van der Waals surface area (Å²) in [6.45, 7) is 1.47. The molecule has 0 radical (unpaired) electrons. The molecule has 0 aromatic heterocycles. The molecule has 4 nitrogen and oxygen atoms in total. The highest BCUT2D eigenvalue weighted by molar-refractivity contribution is 6.31. The molecule has 2 N–H and O–H groups in total. The van der Waals surface area contributed by atoms with Crippen molar-refractivity contribution in [3.8, 4) is 0 Å². The van der Waals surface area contributed by atoms with Crippen molar-refractivity contribution in [2.75, 3.05) is 6.61 Å². The van der Waals surface area contributed by atoms with Gasteiger partial charge in [0, 0.05) is 11.1 Å². The average Bonchev–Trinajstić information content (AvgIpc) is 2.28. The second kappa shape index (κ2) is 6.06. The quantitative estimate of drug-likeness (QED) is 0.656. The van der Waals surface area contributed by atoms with Crippen molar-refractivity contribution < 1.29 is 14.3 Å². The molecule has 0 aliphatic carbocycles. The maximum absolute atomic E-state index is 11.1. The van der Waals surface area contributed by atoms with E-state index < -0.39 is 18.5 Å². The first-order valence-electron chi connectivity index (χ1n) is 4.88. The first kappa shape index (κ1) is 13.3. The van der Waals surface area contributed by atoms with E-state index in [4.69, 9.17) is 17.3 Å². The van der Waals surface area contributed by atoms with Gasteiger partial charge < -0.3 is 10.5 Å². The predicted molar refractivity (Wildman–Crippen MR) is 65.4 cm³/mol. The zero-order valence-electron chi connectivity index (χ0n) is 9.27. The number of carbonyl (C=O) groups excluding carboxylic acids is 2. The lowest BCUT2D eigenvalue weighted by Gasteiger charge is -1.99. The summed E-state index contributed by atoms with van der Waals surface area (Å²) in [6, 6.07) is 5.39. The molecule has 0 unspecified atom stereocenters. The van der Waals surface area contributed by atoms with Gasteiger partial charge in [-0.25, -0.2) is 4.79 Å². The summed E-state index contributed by atoms with van der Waals surface area (Å²) in [6.07, 6.45) is 2.76. The number of amides is 1. The number of hydrogen-bond donors (Lipinski definition) is 1. The van der Waals surface area contributed by atoms with Crippen LogP contribution in [0.15, 0.2) is 24.3 Å². The molecule has 1 amide bonds. The summed E-state index contributed by atoms with van der Waals surface area (Å²) < 4.78 is 4.55. The molecule has 1 aromatic rings. The van der Waals surface area contributed by atoms with Crippen molar-refractivity contribution in [1.29, 1.82) is 0 Å². The highest BCUT2D eigenvalue weighted by atomic mass is 35.5. The van der Waals surface area contributed by atoms with E-state index in [0.29, 0.717) is 5.02 Å². The Bertz CT molecular complexity index is 469. The van der Waals surface area contributed by atoms with Crippen LogP contribution in [0, 0.1) is 6.92 Å². The van der Waals surface area contributed by atoms with E-state index in [0.717, 1.165) is 11.1 Å². The number of halogens is 1. The van der Waals surface area contributed by atoms with Crippen LogP contribution in [0.25, 0.3) is 6.08 Å². The Kier molecular flexibility index (Phi) is 4.72. The third-order valence-electron chi connectivity index (χ3n) is 1.96. The summed E-state index contributed by atoms with van der Waals surface area (Å²) in [5.74, 6) is -1.31. The van der Waals surface area contributed by atoms with Gasteiger partial charge >= 0.3 is 5.97 Å². The second-order valence-corrected chi connectivity index (χ2v) is 3.82. The highest BCUT2D eigenvalue weighted by Gasteiger charge is 2.00. The maximum atomic E-state index is 11.1. The van der Waals surface area contributed by atoms with Crippen LogP contribution in [-0.2, 0) is 14.3 Å². The summed E-state index contributed by atoms with van der Waals surface area (Å²) in [4.78, 5) is 21.5. The number of nitrogens with two attached hydrogens (primary N) is 1. The van der Waals surface area contributed by atoms with Crippen LogP contribution in [0.2, 0.25) is 5.02 Å². The molecule has 0 bridgehead atoms. The fraction of sp³-hybridized carbons (Fsp3) is 0.167. The van der Waals surface area contributed by atoms with Gasteiger partial charge in [-0.2, -0.15) is 0 Å². The van der Waals surface area contributed by atoms with Gasteiger partial charge in [0.2, 0.25) is 0 Å². The minimum absolute atomic E-state index is 0.419. The average molecular weight is 254 g/mol. The molecule has 0 spiro atoms. The van der Waals surface area contributed by atoms with Gasteiger partial charge in [0.15, 0.2) is 6.61 Å². The van der Waals surface area contributed by atoms with E-state index in [-0.39, 0.29) is 0 Å². The van der Waals surface area contributed by atoms with Crippen LogP contribution in [0.4, 0.5) is 0 Å². The molecule has 1 aromatic carbocycles. The van der Waals surface area contributed by atoms with Crippen LogP contribution >= 0.6 is 11.6 Å². The topological polar surface area (TPSA) is 69.4 Å². The Hall–Kier alpha value is -1.81. The summed E-state index contributed by atoms with van der Waals surface area (Å²) in [5.41, 5.74) is 6.56. The molecule has 0 aliphatic rings. The van der Waals surface area contributed by atoms with Gasteiger partial charge in [-0.15, -0.1) is 0 Å². The number of hydrogen-bond acceptors (Lipinski definition) is 3. The van der Waals surface area contributed by atoms with Gasteiger partial charge in [-0.1, -0.05) is 23.7 Å². The zero-order chi connectivity index (χ0) is 12.8. The Morgan fingerprint density at radius 3 is 2.76 bits per heavy atom. The third kappa shape index (κ3) is 4.70. The van der Waals surface area contributed by atoms with Gasteiger partial charge in [-0.05, 0) is 30.2 Å². The predicted octanol–water partition coefficient (Wildman–Crippen LogP) is 1.69. The Balaban J connectivity index is 2.61. The number of esters is 1. The first-order chi connectivity index (χ1) is 7.99. The minimum Gasteiger partial charge on any atom is -0.452 e. The lowest BCUT2D eigenvalue weighted by molar-refractivity contribution is -0.142. The molecule has 17 heavy (non-hydrogen) atoms. The third-order valence-corrected chi connectivity index (χ3v) is 2.37. The Labute approximate surface area is 104 Å². The lowest BCUT2D eigenvalue weighted by Crippen LogP contribution is -2.19. The number of aryl methyl sites for hydroxylation is 1. The van der Waals surface area contributed by atoms with Crippen molar-refractivity contribution in [3.05, 3.63) is 40.4 Å². The molecule has 0 atom stereocenters. The summed E-state index contributed by atoms with van der Waals surface area (Å²) in [7, 11) is 0. The molecule has 1 rings (SSSR count). The Morgan fingerprint density at radius 1 is 1.47 bits per heavy atom. The normalized spacial score (nSPS) is 10.5. The molecule has 0 aliphatic heterocycles. The molecule has 0 saturated carbocycles. The monoisotopic (exact) mass is 253 g/mol. The number of carbonyl (C=O) groups is 2. The molecule has 0 saturated heterocycles. The smallest absolute Gasteiger partial charge is 0.331 e. The van der Waals surface area contributed by atoms with Crippen molar-refractivity contribution in [1.82, 2.24) is 0 Å². The second-order valence-electron chi connectivity index (χ2n) is 3.42. The fourth-order valence-electron chi connectivity index (χ4n) is 1.07. The van der Waals surface area contributed by atoms with E-state index in [9.17, 15) is 9.59 Å². The summed E-state index contributed by atoms with van der Waals surface area (Å²) in [5, 5.41) is 0.623. The number of benzene rings is 1. The number of rotatable bonds is 4. The number of primary amides is 1. The van der Waals surface area contributed by atoms with Crippen molar-refractivity contribution in [3.63, 3.8) is 0 Å². The highest BCUT2D eigenvalue weighted by Crippen LogP contribution is 2.17. The molecule has 90 valence electrons. The van der Waals surface area contributed by atoms with Gasteiger partial charge in [0.05, 0.1) is 0 Å². The zero-order valence-corrected chi connectivity index (χ0v) is 10.0. The van der Waals surface area contributed by atoms with E-state index in [1.54, 1.807) is 12.1 Å². The van der Waals surface area contributed by atoms with E-state index in [2.05, 4.69) is 4.74 Å². The van der Waals surface area contributed by atoms with E-state index in [1.807, 2.05) is 19.1 Å². The van der Waals surface area contributed by atoms with E-state index in [1.165, 1.54) is 6.08 Å². The molecule has 0 heterocycles. The van der Waals surface area contributed by atoms with Crippen molar-refractivity contribution in [2.24, 2.45) is 5.73 Å². The van der Waals surface area contributed by atoms with Crippen LogP contribution in [-0.4, -0.2) is 18.5 Å². The van der Waals surface area contributed by atoms with Crippen LogP contribution in [0.1, 0.15) is 11.1 Å². The first-order valence-corrected chi connectivity index (χ1v) is 5.26. The fourth-order valence-corrected chi connectivity index (χ4v) is 1.26. The molecule has 0 fully saturated rings. The van der Waals surface area contributed by atoms with E-state index >= 15 is 0 Å². The number of ether oxygens (including phenoxy) is 1. The largest absolute Gasteiger partial charge is 0.452 e. The van der Waals surface area contributed by atoms with Crippen LogP contribution in [0.5, 0.6) is 0 Å². The van der Waals surface area contributed by atoms with Gasteiger partial charge in [-0.3, -0.25) is 4.79 Å². The maximum Gasteiger partial charge on any atom is 0.331 e. The van der Waals surface area contributed by atoms with Gasteiger partial charge in [0.25, 0.3) is 5.91 Å². The molecule has 5 heteroatoms. The standard InChI is InChI=1S/C12H12ClNO3/c1-8-2-3-9(6-10(8)13)4-5-12(16)17-7-11(14)15/h2-6H,7H2,1H3,(H2,14,15)/b5-4+. The molecular weight excluding hydrogens is 242 g/mol. The van der Waals surface area contributed by atoms with Crippen LogP contribution < -0.4 is 5.73 Å². The van der Waals surface area contributed by atoms with Crippen molar-refractivity contribution in [2.45, 2.75) is 6.92 Å².